The number of β-amino-alcohol motifs (C(OH)–C–C–N with tert-alkyl or cyclic N) is 1. The quantitative estimate of drug-likeness (QED) is 0.811. The zero-order chi connectivity index (χ0) is 15.1. The Morgan fingerprint density at radius 2 is 2.05 bits per heavy atom. The summed E-state index contributed by atoms with van der Waals surface area (Å²) in [5.41, 5.74) is 7.41. The number of aliphatic hydroxyl groups is 1. The summed E-state index contributed by atoms with van der Waals surface area (Å²) in [5, 5.41) is 10.5. The SMILES string of the molecule is CCCC1CCCCN1CC(O)C(N)Cc1ccccc1. The van der Waals surface area contributed by atoms with Crippen LogP contribution in [-0.2, 0) is 6.42 Å². The van der Waals surface area contributed by atoms with E-state index in [1.54, 1.807) is 0 Å². The van der Waals surface area contributed by atoms with Crippen LogP contribution >= 0.6 is 0 Å². The molecule has 1 saturated heterocycles. The van der Waals surface area contributed by atoms with E-state index in [-0.39, 0.29) is 6.04 Å². The van der Waals surface area contributed by atoms with E-state index >= 15 is 0 Å². The van der Waals surface area contributed by atoms with E-state index < -0.39 is 6.10 Å². The van der Waals surface area contributed by atoms with Gasteiger partial charge in [-0.05, 0) is 37.8 Å². The van der Waals surface area contributed by atoms with Gasteiger partial charge in [-0.2, -0.15) is 0 Å². The summed E-state index contributed by atoms with van der Waals surface area (Å²) in [4.78, 5) is 2.46. The van der Waals surface area contributed by atoms with E-state index in [9.17, 15) is 5.11 Å². The molecule has 0 aromatic heterocycles. The van der Waals surface area contributed by atoms with Crippen LogP contribution in [-0.4, -0.2) is 41.3 Å². The van der Waals surface area contributed by atoms with Gasteiger partial charge in [0.05, 0.1) is 6.10 Å². The first-order chi connectivity index (χ1) is 10.2. The van der Waals surface area contributed by atoms with Gasteiger partial charge in [0.15, 0.2) is 0 Å². The summed E-state index contributed by atoms with van der Waals surface area (Å²) in [5.74, 6) is 0. The molecule has 1 aromatic rings. The summed E-state index contributed by atoms with van der Waals surface area (Å²) in [7, 11) is 0. The molecule has 1 aliphatic heterocycles. The minimum Gasteiger partial charge on any atom is -0.390 e. The van der Waals surface area contributed by atoms with Crippen molar-refractivity contribution in [2.45, 2.75) is 63.6 Å². The number of nitrogens with two attached hydrogens (primary N) is 1. The fourth-order valence-electron chi connectivity index (χ4n) is 3.36. The lowest BCUT2D eigenvalue weighted by atomic mass is 9.96. The molecule has 3 nitrogen and oxygen atoms in total. The molecule has 3 N–H and O–H groups in total. The van der Waals surface area contributed by atoms with Crippen LogP contribution in [0.2, 0.25) is 0 Å². The van der Waals surface area contributed by atoms with Crippen LogP contribution in [0.5, 0.6) is 0 Å². The summed E-state index contributed by atoms with van der Waals surface area (Å²) in [6, 6.07) is 10.7. The van der Waals surface area contributed by atoms with Crippen molar-refractivity contribution < 1.29 is 5.11 Å². The van der Waals surface area contributed by atoms with Gasteiger partial charge in [0.2, 0.25) is 0 Å². The molecule has 0 bridgehead atoms. The first kappa shape index (κ1) is 16.5. The fraction of sp³-hybridized carbons (Fsp3) is 0.667. The summed E-state index contributed by atoms with van der Waals surface area (Å²) in [6.07, 6.45) is 6.60. The predicted molar refractivity (Wildman–Crippen MR) is 88.2 cm³/mol. The van der Waals surface area contributed by atoms with Gasteiger partial charge in [-0.3, -0.25) is 4.90 Å². The molecule has 1 aromatic carbocycles. The second-order valence-electron chi connectivity index (χ2n) is 6.35. The van der Waals surface area contributed by atoms with Crippen molar-refractivity contribution in [3.8, 4) is 0 Å². The van der Waals surface area contributed by atoms with Gasteiger partial charge >= 0.3 is 0 Å². The van der Waals surface area contributed by atoms with Gasteiger partial charge < -0.3 is 10.8 Å². The molecule has 21 heavy (non-hydrogen) atoms. The van der Waals surface area contributed by atoms with Gasteiger partial charge in [-0.1, -0.05) is 50.1 Å². The highest BCUT2D eigenvalue weighted by Gasteiger charge is 2.25. The van der Waals surface area contributed by atoms with Crippen LogP contribution in [0.4, 0.5) is 0 Å². The second kappa shape index (κ2) is 8.52. The summed E-state index contributed by atoms with van der Waals surface area (Å²) in [6.45, 7) is 4.07. The van der Waals surface area contributed by atoms with E-state index in [4.69, 9.17) is 5.73 Å². The molecule has 3 heteroatoms. The second-order valence-corrected chi connectivity index (χ2v) is 6.35. The van der Waals surface area contributed by atoms with Crippen LogP contribution in [0.15, 0.2) is 30.3 Å². The standard InChI is InChI=1S/C18H30N2O/c1-2-8-16-11-6-7-12-20(16)14-18(21)17(19)13-15-9-4-3-5-10-15/h3-5,9-10,16-18,21H,2,6-8,11-14,19H2,1H3. The molecule has 0 spiro atoms. The highest BCUT2D eigenvalue weighted by Crippen LogP contribution is 2.21. The van der Waals surface area contributed by atoms with Crippen molar-refractivity contribution in [1.82, 2.24) is 4.90 Å². The highest BCUT2D eigenvalue weighted by molar-refractivity contribution is 5.16. The number of aliphatic hydroxyl groups excluding tert-OH is 1. The lowest BCUT2D eigenvalue weighted by Crippen LogP contribution is -2.49. The predicted octanol–water partition coefficient (Wildman–Crippen LogP) is 2.57. The third kappa shape index (κ3) is 5.10. The van der Waals surface area contributed by atoms with Crippen molar-refractivity contribution in [2.24, 2.45) is 5.73 Å². The van der Waals surface area contributed by atoms with Crippen LogP contribution in [0, 0.1) is 0 Å². The molecule has 1 aliphatic rings. The molecule has 1 heterocycles. The maximum atomic E-state index is 10.5. The normalized spacial score (nSPS) is 22.9. The monoisotopic (exact) mass is 290 g/mol. The lowest BCUT2D eigenvalue weighted by Gasteiger charge is -2.37. The molecular weight excluding hydrogens is 260 g/mol. The summed E-state index contributed by atoms with van der Waals surface area (Å²) < 4.78 is 0. The van der Waals surface area contributed by atoms with Crippen molar-refractivity contribution >= 4 is 0 Å². The van der Waals surface area contributed by atoms with Gasteiger partial charge in [-0.15, -0.1) is 0 Å². The minimum absolute atomic E-state index is 0.184. The van der Waals surface area contributed by atoms with E-state index in [0.717, 1.165) is 19.5 Å². The number of rotatable bonds is 7. The zero-order valence-electron chi connectivity index (χ0n) is 13.2. The Hall–Kier alpha value is -0.900. The number of hydrogen-bond donors (Lipinski definition) is 2. The maximum absolute atomic E-state index is 10.5. The van der Waals surface area contributed by atoms with Crippen molar-refractivity contribution in [3.05, 3.63) is 35.9 Å². The zero-order valence-corrected chi connectivity index (χ0v) is 13.2. The third-order valence-electron chi connectivity index (χ3n) is 4.60. The topological polar surface area (TPSA) is 49.5 Å². The van der Waals surface area contributed by atoms with Crippen LogP contribution in [0.3, 0.4) is 0 Å². The molecule has 3 atom stereocenters. The van der Waals surface area contributed by atoms with Crippen molar-refractivity contribution in [1.29, 1.82) is 0 Å². The van der Waals surface area contributed by atoms with Gasteiger partial charge in [0.25, 0.3) is 0 Å². The Balaban J connectivity index is 1.85. The van der Waals surface area contributed by atoms with Gasteiger partial charge in [0, 0.05) is 18.6 Å². The Bertz CT molecular complexity index is 393. The number of benzene rings is 1. The number of piperidine rings is 1. The number of likely N-dealkylation sites (tertiary alicyclic amines) is 1. The largest absolute Gasteiger partial charge is 0.390 e. The number of hydrogen-bond acceptors (Lipinski definition) is 3. The smallest absolute Gasteiger partial charge is 0.0821 e. The Labute approximate surface area is 129 Å². The Morgan fingerprint density at radius 3 is 2.76 bits per heavy atom. The maximum Gasteiger partial charge on any atom is 0.0821 e. The molecule has 3 unspecified atom stereocenters. The van der Waals surface area contributed by atoms with Crippen molar-refractivity contribution in [3.63, 3.8) is 0 Å². The molecular formula is C18H30N2O. The minimum atomic E-state index is -0.442. The molecule has 0 saturated carbocycles. The lowest BCUT2D eigenvalue weighted by molar-refractivity contribution is 0.0506. The van der Waals surface area contributed by atoms with E-state index in [0.29, 0.717) is 6.04 Å². The van der Waals surface area contributed by atoms with Gasteiger partial charge in [-0.25, -0.2) is 0 Å². The van der Waals surface area contributed by atoms with Crippen molar-refractivity contribution in [2.75, 3.05) is 13.1 Å². The van der Waals surface area contributed by atoms with E-state index in [1.165, 1.54) is 37.7 Å². The van der Waals surface area contributed by atoms with Gasteiger partial charge in [0.1, 0.15) is 0 Å². The third-order valence-corrected chi connectivity index (χ3v) is 4.60. The summed E-state index contributed by atoms with van der Waals surface area (Å²) >= 11 is 0. The van der Waals surface area contributed by atoms with Crippen LogP contribution < -0.4 is 5.73 Å². The average Bonchev–Trinajstić information content (AvgIpc) is 2.50. The Morgan fingerprint density at radius 1 is 1.29 bits per heavy atom. The first-order valence-corrected chi connectivity index (χ1v) is 8.42. The van der Waals surface area contributed by atoms with Crippen LogP contribution in [0.1, 0.15) is 44.6 Å². The van der Waals surface area contributed by atoms with E-state index in [2.05, 4.69) is 24.0 Å². The molecule has 0 amide bonds. The molecule has 0 aliphatic carbocycles. The van der Waals surface area contributed by atoms with Crippen LogP contribution in [0.25, 0.3) is 0 Å². The van der Waals surface area contributed by atoms with E-state index in [1.807, 2.05) is 18.2 Å². The fourth-order valence-corrected chi connectivity index (χ4v) is 3.36. The molecule has 118 valence electrons. The molecule has 0 radical (unpaired) electrons. The first-order valence-electron chi connectivity index (χ1n) is 8.42. The number of nitrogens with zero attached hydrogens (tertiary/aromatic N) is 1. The molecule has 2 rings (SSSR count). The average molecular weight is 290 g/mol. The highest BCUT2D eigenvalue weighted by atomic mass is 16.3. The Kier molecular flexibility index (Phi) is 6.68. The molecule has 1 fully saturated rings.